The van der Waals surface area contributed by atoms with Crippen LogP contribution in [0.1, 0.15) is 34.6 Å². The first kappa shape index (κ1) is 15.4. The normalized spacial score (nSPS) is 15.5. The molecule has 1 N–H and O–H groups in total. The summed E-state index contributed by atoms with van der Waals surface area (Å²) in [6, 6.07) is 3.75. The first-order valence-electron chi connectivity index (χ1n) is 7.89. The van der Waals surface area contributed by atoms with Crippen LogP contribution in [0.5, 0.6) is 0 Å². The quantitative estimate of drug-likeness (QED) is 0.937. The maximum absolute atomic E-state index is 12.2. The van der Waals surface area contributed by atoms with Crippen LogP contribution in [-0.2, 0) is 0 Å². The van der Waals surface area contributed by atoms with Gasteiger partial charge >= 0.3 is 0 Å². The lowest BCUT2D eigenvalue weighted by Crippen LogP contribution is -2.45. The van der Waals surface area contributed by atoms with Gasteiger partial charge in [0.05, 0.1) is 17.0 Å². The van der Waals surface area contributed by atoms with E-state index in [4.69, 9.17) is 0 Å². The Kier molecular flexibility index (Phi) is 4.50. The predicted octanol–water partition coefficient (Wildman–Crippen LogP) is 1.89. The Morgan fingerprint density at radius 2 is 2.04 bits per heavy atom. The summed E-state index contributed by atoms with van der Waals surface area (Å²) in [4.78, 5) is 27.4. The van der Waals surface area contributed by atoms with Gasteiger partial charge < -0.3 is 10.2 Å². The van der Waals surface area contributed by atoms with E-state index in [9.17, 15) is 4.79 Å². The number of hydrogen-bond donors (Lipinski definition) is 1. The third kappa shape index (κ3) is 3.64. The second kappa shape index (κ2) is 6.73. The summed E-state index contributed by atoms with van der Waals surface area (Å²) >= 11 is 0. The minimum atomic E-state index is -0.0527. The van der Waals surface area contributed by atoms with Gasteiger partial charge in [-0.15, -0.1) is 0 Å². The van der Waals surface area contributed by atoms with Crippen LogP contribution in [0.15, 0.2) is 30.7 Å². The van der Waals surface area contributed by atoms with Crippen molar-refractivity contribution < 1.29 is 4.79 Å². The Bertz CT molecular complexity index is 681. The number of hydrogen-bond acceptors (Lipinski definition) is 5. The molecule has 1 aliphatic rings. The standard InChI is InChI=1S/C17H21N5O/c1-12-10-19-13(2)16(20-12)22-8-5-15(6-9-22)21-17(23)14-4-3-7-18-11-14/h3-4,7,10-11,15H,5-6,8-9H2,1-2H3,(H,21,23). The van der Waals surface area contributed by atoms with Crippen LogP contribution in [0, 0.1) is 13.8 Å². The summed E-state index contributed by atoms with van der Waals surface area (Å²) < 4.78 is 0. The van der Waals surface area contributed by atoms with E-state index in [-0.39, 0.29) is 11.9 Å². The van der Waals surface area contributed by atoms with E-state index in [0.717, 1.165) is 43.1 Å². The maximum atomic E-state index is 12.2. The molecule has 0 radical (unpaired) electrons. The molecule has 0 saturated carbocycles. The van der Waals surface area contributed by atoms with Gasteiger partial charge in [0.15, 0.2) is 0 Å². The van der Waals surface area contributed by atoms with Crippen LogP contribution in [0.25, 0.3) is 0 Å². The SMILES string of the molecule is Cc1cnc(C)c(N2CCC(NC(=O)c3cccnc3)CC2)n1. The van der Waals surface area contributed by atoms with Crippen molar-refractivity contribution in [2.24, 2.45) is 0 Å². The fourth-order valence-corrected chi connectivity index (χ4v) is 2.83. The number of nitrogens with one attached hydrogen (secondary N) is 1. The molecule has 0 aliphatic carbocycles. The number of piperidine rings is 1. The van der Waals surface area contributed by atoms with E-state index in [1.165, 1.54) is 0 Å². The van der Waals surface area contributed by atoms with Gasteiger partial charge in [-0.1, -0.05) is 0 Å². The average molecular weight is 311 g/mol. The summed E-state index contributed by atoms with van der Waals surface area (Å²) in [7, 11) is 0. The van der Waals surface area contributed by atoms with E-state index in [0.29, 0.717) is 5.56 Å². The fourth-order valence-electron chi connectivity index (χ4n) is 2.83. The number of pyridine rings is 1. The topological polar surface area (TPSA) is 71.0 Å². The molecular formula is C17H21N5O. The zero-order valence-corrected chi connectivity index (χ0v) is 13.5. The fraction of sp³-hybridized carbons (Fsp3) is 0.412. The van der Waals surface area contributed by atoms with Crippen LogP contribution in [0.4, 0.5) is 5.82 Å². The zero-order valence-electron chi connectivity index (χ0n) is 13.5. The number of anilines is 1. The van der Waals surface area contributed by atoms with Crippen LogP contribution in [-0.4, -0.2) is 40.0 Å². The van der Waals surface area contributed by atoms with Crippen LogP contribution < -0.4 is 10.2 Å². The molecule has 0 atom stereocenters. The highest BCUT2D eigenvalue weighted by molar-refractivity contribution is 5.94. The van der Waals surface area contributed by atoms with Crippen molar-refractivity contribution in [2.45, 2.75) is 32.7 Å². The smallest absolute Gasteiger partial charge is 0.253 e. The highest BCUT2D eigenvalue weighted by Crippen LogP contribution is 2.20. The molecule has 3 heterocycles. The summed E-state index contributed by atoms with van der Waals surface area (Å²) in [6.45, 7) is 5.68. The number of aromatic nitrogens is 3. The summed E-state index contributed by atoms with van der Waals surface area (Å²) in [6.07, 6.45) is 6.86. The van der Waals surface area contributed by atoms with E-state index in [2.05, 4.69) is 25.2 Å². The molecule has 0 spiro atoms. The van der Waals surface area contributed by atoms with Crippen molar-refractivity contribution in [1.82, 2.24) is 20.3 Å². The third-order valence-electron chi connectivity index (χ3n) is 4.10. The third-order valence-corrected chi connectivity index (χ3v) is 4.10. The van der Waals surface area contributed by atoms with Gasteiger partial charge in [-0.3, -0.25) is 14.8 Å². The van der Waals surface area contributed by atoms with Gasteiger partial charge in [0.2, 0.25) is 0 Å². The highest BCUT2D eigenvalue weighted by Gasteiger charge is 2.23. The van der Waals surface area contributed by atoms with Gasteiger partial charge in [0, 0.05) is 37.7 Å². The van der Waals surface area contributed by atoms with Crippen molar-refractivity contribution in [1.29, 1.82) is 0 Å². The molecule has 1 aliphatic heterocycles. The average Bonchev–Trinajstić information content (AvgIpc) is 2.58. The molecule has 1 amide bonds. The van der Waals surface area contributed by atoms with Crippen molar-refractivity contribution >= 4 is 11.7 Å². The summed E-state index contributed by atoms with van der Waals surface area (Å²) in [5.41, 5.74) is 2.49. The minimum absolute atomic E-state index is 0.0527. The first-order chi connectivity index (χ1) is 11.1. The molecule has 6 heteroatoms. The Morgan fingerprint density at radius 3 is 2.74 bits per heavy atom. The summed E-state index contributed by atoms with van der Waals surface area (Å²) in [5, 5.41) is 3.09. The largest absolute Gasteiger partial charge is 0.355 e. The predicted molar refractivity (Wildman–Crippen MR) is 88.4 cm³/mol. The lowest BCUT2D eigenvalue weighted by Gasteiger charge is -2.33. The molecule has 2 aromatic heterocycles. The first-order valence-corrected chi connectivity index (χ1v) is 7.89. The number of carbonyl (C=O) groups is 1. The maximum Gasteiger partial charge on any atom is 0.253 e. The Labute approximate surface area is 136 Å². The molecule has 0 unspecified atom stereocenters. The second-order valence-electron chi connectivity index (χ2n) is 5.90. The van der Waals surface area contributed by atoms with Crippen molar-refractivity contribution in [2.75, 3.05) is 18.0 Å². The van der Waals surface area contributed by atoms with E-state index >= 15 is 0 Å². The Balaban J connectivity index is 1.58. The van der Waals surface area contributed by atoms with Crippen LogP contribution in [0.3, 0.4) is 0 Å². The Morgan fingerprint density at radius 1 is 1.26 bits per heavy atom. The molecule has 23 heavy (non-hydrogen) atoms. The molecule has 1 saturated heterocycles. The van der Waals surface area contributed by atoms with Crippen LogP contribution >= 0.6 is 0 Å². The van der Waals surface area contributed by atoms with E-state index in [1.807, 2.05) is 13.8 Å². The van der Waals surface area contributed by atoms with Gasteiger partial charge in [-0.05, 0) is 38.8 Å². The van der Waals surface area contributed by atoms with Crippen molar-refractivity contribution in [3.8, 4) is 0 Å². The van der Waals surface area contributed by atoms with E-state index in [1.54, 1.807) is 30.7 Å². The van der Waals surface area contributed by atoms with Gasteiger partial charge in [0.25, 0.3) is 5.91 Å². The van der Waals surface area contributed by atoms with Gasteiger partial charge in [0.1, 0.15) is 5.82 Å². The van der Waals surface area contributed by atoms with Crippen molar-refractivity contribution in [3.63, 3.8) is 0 Å². The van der Waals surface area contributed by atoms with Gasteiger partial charge in [-0.2, -0.15) is 0 Å². The number of rotatable bonds is 3. The lowest BCUT2D eigenvalue weighted by atomic mass is 10.0. The number of aryl methyl sites for hydroxylation is 2. The molecule has 6 nitrogen and oxygen atoms in total. The lowest BCUT2D eigenvalue weighted by molar-refractivity contribution is 0.0930. The minimum Gasteiger partial charge on any atom is -0.355 e. The van der Waals surface area contributed by atoms with Crippen molar-refractivity contribution in [3.05, 3.63) is 47.7 Å². The molecule has 2 aromatic rings. The second-order valence-corrected chi connectivity index (χ2v) is 5.90. The monoisotopic (exact) mass is 311 g/mol. The van der Waals surface area contributed by atoms with Gasteiger partial charge in [-0.25, -0.2) is 4.98 Å². The number of amides is 1. The molecule has 1 fully saturated rings. The molecule has 0 bridgehead atoms. The molecule has 120 valence electrons. The zero-order chi connectivity index (χ0) is 16.2. The highest BCUT2D eigenvalue weighted by atomic mass is 16.1. The van der Waals surface area contributed by atoms with E-state index < -0.39 is 0 Å². The number of nitrogens with zero attached hydrogens (tertiary/aromatic N) is 4. The Hall–Kier alpha value is -2.50. The molecule has 0 aromatic carbocycles. The summed E-state index contributed by atoms with van der Waals surface area (Å²) in [5.74, 6) is 0.908. The molecular weight excluding hydrogens is 290 g/mol. The number of carbonyl (C=O) groups excluding carboxylic acids is 1. The molecule has 3 rings (SSSR count). The van der Waals surface area contributed by atoms with Crippen LogP contribution in [0.2, 0.25) is 0 Å².